The fourth-order valence-corrected chi connectivity index (χ4v) is 4.02. The van der Waals surface area contributed by atoms with Gasteiger partial charge in [-0.25, -0.2) is 13.2 Å². The molecule has 32 heavy (non-hydrogen) atoms. The Morgan fingerprint density at radius 2 is 1.59 bits per heavy atom. The molecule has 0 heterocycles. The lowest BCUT2D eigenvalue weighted by atomic mass is 10.1. The van der Waals surface area contributed by atoms with Crippen molar-refractivity contribution in [2.75, 3.05) is 18.7 Å². The largest absolute Gasteiger partial charge is 0.495 e. The van der Waals surface area contributed by atoms with Crippen LogP contribution in [0.25, 0.3) is 0 Å². The molecule has 3 aromatic carbocycles. The Morgan fingerprint density at radius 1 is 0.938 bits per heavy atom. The van der Waals surface area contributed by atoms with Crippen LogP contribution in [0.15, 0.2) is 77.7 Å². The van der Waals surface area contributed by atoms with E-state index < -0.39 is 27.8 Å². The first-order chi connectivity index (χ1) is 15.2. The number of aryl methyl sites for hydroxylation is 1. The molecule has 1 amide bonds. The zero-order chi connectivity index (χ0) is 23.3. The number of ether oxygens (including phenoxy) is 2. The van der Waals surface area contributed by atoms with E-state index in [9.17, 15) is 18.0 Å². The van der Waals surface area contributed by atoms with Gasteiger partial charge in [-0.3, -0.25) is 4.79 Å². The number of esters is 1. The van der Waals surface area contributed by atoms with E-state index in [1.165, 1.54) is 31.4 Å². The topological polar surface area (TPSA) is 98.8 Å². The molecule has 0 aliphatic rings. The Hall–Kier alpha value is -3.65. The monoisotopic (exact) mass is 453 g/mol. The SMILES string of the molecule is COc1ccc(C)cc1NC(=O)C(OC(=O)c1ccccc1S(C)(=O)=O)c1ccccc1. The minimum absolute atomic E-state index is 0.142. The number of hydrogen-bond acceptors (Lipinski definition) is 6. The highest BCUT2D eigenvalue weighted by Crippen LogP contribution is 2.28. The van der Waals surface area contributed by atoms with Crippen LogP contribution in [0, 0.1) is 6.92 Å². The molecule has 7 nitrogen and oxygen atoms in total. The van der Waals surface area contributed by atoms with E-state index >= 15 is 0 Å². The van der Waals surface area contributed by atoms with E-state index in [1.54, 1.807) is 42.5 Å². The third-order valence-corrected chi connectivity index (χ3v) is 5.84. The van der Waals surface area contributed by atoms with Gasteiger partial charge in [0.05, 0.1) is 23.3 Å². The van der Waals surface area contributed by atoms with Gasteiger partial charge in [-0.15, -0.1) is 0 Å². The average molecular weight is 454 g/mol. The number of benzene rings is 3. The summed E-state index contributed by atoms with van der Waals surface area (Å²) in [5, 5.41) is 2.74. The van der Waals surface area contributed by atoms with Crippen LogP contribution in [0.3, 0.4) is 0 Å². The van der Waals surface area contributed by atoms with Crippen molar-refractivity contribution < 1.29 is 27.5 Å². The van der Waals surface area contributed by atoms with E-state index in [4.69, 9.17) is 9.47 Å². The minimum Gasteiger partial charge on any atom is -0.495 e. The van der Waals surface area contributed by atoms with Crippen LogP contribution in [0.1, 0.15) is 27.6 Å². The van der Waals surface area contributed by atoms with E-state index in [0.29, 0.717) is 17.0 Å². The quantitative estimate of drug-likeness (QED) is 0.544. The predicted octanol–water partition coefficient (Wildman–Crippen LogP) is 3.94. The molecule has 0 aromatic heterocycles. The zero-order valence-corrected chi connectivity index (χ0v) is 18.7. The Labute approximate surface area is 186 Å². The van der Waals surface area contributed by atoms with Gasteiger partial charge in [0.15, 0.2) is 9.84 Å². The number of nitrogens with one attached hydrogen (secondary N) is 1. The zero-order valence-electron chi connectivity index (χ0n) is 17.9. The van der Waals surface area contributed by atoms with E-state index in [-0.39, 0.29) is 10.5 Å². The lowest BCUT2D eigenvalue weighted by molar-refractivity contribution is -0.125. The van der Waals surface area contributed by atoms with E-state index in [1.807, 2.05) is 13.0 Å². The van der Waals surface area contributed by atoms with Gasteiger partial charge in [-0.1, -0.05) is 48.5 Å². The Bertz CT molecular complexity index is 1240. The van der Waals surface area contributed by atoms with Gasteiger partial charge in [-0.2, -0.15) is 0 Å². The number of sulfone groups is 1. The normalized spacial score (nSPS) is 12.0. The molecule has 3 rings (SSSR count). The van der Waals surface area contributed by atoms with Crippen LogP contribution >= 0.6 is 0 Å². The van der Waals surface area contributed by atoms with Gasteiger partial charge in [0.1, 0.15) is 5.75 Å². The summed E-state index contributed by atoms with van der Waals surface area (Å²) in [6, 6.07) is 19.5. The van der Waals surface area contributed by atoms with E-state index in [0.717, 1.165) is 11.8 Å². The number of rotatable bonds is 7. The molecular weight excluding hydrogens is 430 g/mol. The van der Waals surface area contributed by atoms with Crippen LogP contribution in [0.4, 0.5) is 5.69 Å². The summed E-state index contributed by atoms with van der Waals surface area (Å²) in [5.74, 6) is -1.08. The highest BCUT2D eigenvalue weighted by molar-refractivity contribution is 7.90. The number of carbonyl (C=O) groups is 2. The number of hydrogen-bond donors (Lipinski definition) is 1. The maximum Gasteiger partial charge on any atom is 0.340 e. The summed E-state index contributed by atoms with van der Waals surface area (Å²) in [7, 11) is -2.20. The summed E-state index contributed by atoms with van der Waals surface area (Å²) in [6.45, 7) is 1.87. The molecule has 0 saturated carbocycles. The molecule has 0 radical (unpaired) electrons. The van der Waals surface area contributed by atoms with Gasteiger partial charge in [0.2, 0.25) is 6.10 Å². The molecule has 0 aliphatic heterocycles. The van der Waals surface area contributed by atoms with Gasteiger partial charge < -0.3 is 14.8 Å². The summed E-state index contributed by atoms with van der Waals surface area (Å²) in [4.78, 5) is 25.9. The average Bonchev–Trinajstić information content (AvgIpc) is 2.77. The van der Waals surface area contributed by atoms with Gasteiger partial charge in [-0.05, 0) is 36.8 Å². The molecule has 1 atom stereocenters. The lowest BCUT2D eigenvalue weighted by Gasteiger charge is -2.20. The molecule has 1 N–H and O–H groups in total. The predicted molar refractivity (Wildman–Crippen MR) is 121 cm³/mol. The van der Waals surface area contributed by atoms with Crippen LogP contribution in [-0.2, 0) is 19.4 Å². The van der Waals surface area contributed by atoms with Crippen LogP contribution in [0.5, 0.6) is 5.75 Å². The fourth-order valence-electron chi connectivity index (χ4n) is 3.15. The first-order valence-corrected chi connectivity index (χ1v) is 11.6. The lowest BCUT2D eigenvalue weighted by Crippen LogP contribution is -2.26. The fraction of sp³-hybridized carbons (Fsp3) is 0.167. The van der Waals surface area contributed by atoms with Gasteiger partial charge >= 0.3 is 5.97 Å². The van der Waals surface area contributed by atoms with Crippen molar-refractivity contribution in [1.29, 1.82) is 0 Å². The number of carbonyl (C=O) groups excluding carboxylic acids is 2. The van der Waals surface area contributed by atoms with Crippen molar-refractivity contribution in [3.05, 3.63) is 89.5 Å². The molecule has 0 spiro atoms. The van der Waals surface area contributed by atoms with E-state index in [2.05, 4.69) is 5.32 Å². The second kappa shape index (κ2) is 9.65. The van der Waals surface area contributed by atoms with Crippen LogP contribution in [0.2, 0.25) is 0 Å². The van der Waals surface area contributed by atoms with Gasteiger partial charge in [0, 0.05) is 11.8 Å². The van der Waals surface area contributed by atoms with Crippen molar-refractivity contribution in [2.45, 2.75) is 17.9 Å². The Morgan fingerprint density at radius 3 is 2.25 bits per heavy atom. The maximum absolute atomic E-state index is 13.2. The summed E-state index contributed by atoms with van der Waals surface area (Å²) in [5.41, 5.74) is 1.61. The highest BCUT2D eigenvalue weighted by atomic mass is 32.2. The van der Waals surface area contributed by atoms with Crippen molar-refractivity contribution in [3.8, 4) is 5.75 Å². The summed E-state index contributed by atoms with van der Waals surface area (Å²) in [6.07, 6.45) is -0.314. The standard InChI is InChI=1S/C24H23NO6S/c1-16-13-14-20(30-2)19(15-16)25-23(26)22(17-9-5-4-6-10-17)31-24(27)18-11-7-8-12-21(18)32(3,28)29/h4-15,22H,1-3H3,(H,25,26). The molecule has 3 aromatic rings. The molecule has 0 fully saturated rings. The van der Waals surface area contributed by atoms with Crippen LogP contribution in [-0.4, -0.2) is 33.7 Å². The second-order valence-electron chi connectivity index (χ2n) is 7.16. The Kier molecular flexibility index (Phi) is 6.95. The third-order valence-electron chi connectivity index (χ3n) is 4.68. The van der Waals surface area contributed by atoms with Crippen LogP contribution < -0.4 is 10.1 Å². The van der Waals surface area contributed by atoms with Crippen molar-refractivity contribution in [1.82, 2.24) is 0 Å². The molecular formula is C24H23NO6S. The first kappa shape index (κ1) is 23.0. The molecule has 1 unspecified atom stereocenters. The maximum atomic E-state index is 13.2. The summed E-state index contributed by atoms with van der Waals surface area (Å²) >= 11 is 0. The molecule has 0 saturated heterocycles. The second-order valence-corrected chi connectivity index (χ2v) is 9.14. The first-order valence-electron chi connectivity index (χ1n) is 9.71. The minimum atomic E-state index is -3.68. The molecule has 166 valence electrons. The number of methoxy groups -OCH3 is 1. The molecule has 8 heteroatoms. The van der Waals surface area contributed by atoms with Crippen molar-refractivity contribution in [2.24, 2.45) is 0 Å². The molecule has 0 bridgehead atoms. The highest BCUT2D eigenvalue weighted by Gasteiger charge is 2.28. The molecule has 0 aliphatic carbocycles. The Balaban J connectivity index is 1.96. The third kappa shape index (κ3) is 5.33. The van der Waals surface area contributed by atoms with Crippen molar-refractivity contribution in [3.63, 3.8) is 0 Å². The number of anilines is 1. The van der Waals surface area contributed by atoms with Gasteiger partial charge in [0.25, 0.3) is 5.91 Å². The van der Waals surface area contributed by atoms with Crippen molar-refractivity contribution >= 4 is 27.4 Å². The smallest absolute Gasteiger partial charge is 0.340 e. The summed E-state index contributed by atoms with van der Waals surface area (Å²) < 4.78 is 35.0. The number of amides is 1.